The van der Waals surface area contributed by atoms with Crippen LogP contribution in [-0.2, 0) is 6.42 Å². The Balaban J connectivity index is 2.24. The standard InChI is InChI=1S/C13H13ClN4O/c1-3-11-10(6-8(2)17-18-11)13(19)16-9-4-5-12(14)15-7-9/h4-7H,3H2,1-2H3,(H,16,19). The van der Waals surface area contributed by atoms with Crippen molar-refractivity contribution in [3.63, 3.8) is 0 Å². The zero-order valence-corrected chi connectivity index (χ0v) is 11.4. The maximum Gasteiger partial charge on any atom is 0.257 e. The SMILES string of the molecule is CCc1nnc(C)cc1C(=O)Nc1ccc(Cl)nc1. The molecule has 0 fully saturated rings. The van der Waals surface area contributed by atoms with Crippen molar-refractivity contribution in [2.24, 2.45) is 0 Å². The van der Waals surface area contributed by atoms with E-state index in [1.165, 1.54) is 6.20 Å². The van der Waals surface area contributed by atoms with E-state index in [2.05, 4.69) is 20.5 Å². The first kappa shape index (κ1) is 13.4. The molecular weight excluding hydrogens is 264 g/mol. The topological polar surface area (TPSA) is 67.8 Å². The molecule has 1 N–H and O–H groups in total. The molecule has 19 heavy (non-hydrogen) atoms. The Hall–Kier alpha value is -2.01. The summed E-state index contributed by atoms with van der Waals surface area (Å²) in [4.78, 5) is 16.1. The summed E-state index contributed by atoms with van der Waals surface area (Å²) in [5.41, 5.74) is 2.50. The van der Waals surface area contributed by atoms with Gasteiger partial charge in [-0.05, 0) is 31.5 Å². The lowest BCUT2D eigenvalue weighted by Crippen LogP contribution is -2.16. The number of hydrogen-bond donors (Lipinski definition) is 1. The van der Waals surface area contributed by atoms with Crippen molar-refractivity contribution < 1.29 is 4.79 Å². The summed E-state index contributed by atoms with van der Waals surface area (Å²) in [6.07, 6.45) is 2.15. The van der Waals surface area contributed by atoms with Crippen molar-refractivity contribution in [3.05, 3.63) is 46.5 Å². The Labute approximate surface area is 116 Å². The van der Waals surface area contributed by atoms with Gasteiger partial charge in [0.05, 0.1) is 28.8 Å². The van der Waals surface area contributed by atoms with E-state index in [9.17, 15) is 4.79 Å². The fourth-order valence-electron chi connectivity index (χ4n) is 1.62. The Morgan fingerprint density at radius 1 is 1.37 bits per heavy atom. The average Bonchev–Trinajstić information content (AvgIpc) is 2.41. The molecule has 2 aromatic heterocycles. The lowest BCUT2D eigenvalue weighted by Gasteiger charge is -2.08. The second-order valence-corrected chi connectivity index (χ2v) is 4.41. The third kappa shape index (κ3) is 3.26. The van der Waals surface area contributed by atoms with E-state index >= 15 is 0 Å². The number of carbonyl (C=O) groups excluding carboxylic acids is 1. The fourth-order valence-corrected chi connectivity index (χ4v) is 1.73. The first-order valence-corrected chi connectivity index (χ1v) is 6.24. The molecule has 0 aliphatic rings. The molecule has 2 heterocycles. The molecule has 2 rings (SSSR count). The second-order valence-electron chi connectivity index (χ2n) is 4.02. The molecule has 0 radical (unpaired) electrons. The number of carbonyl (C=O) groups is 1. The van der Waals surface area contributed by atoms with E-state index in [1.54, 1.807) is 25.1 Å². The number of nitrogens with one attached hydrogen (secondary N) is 1. The first-order chi connectivity index (χ1) is 9.10. The van der Waals surface area contributed by atoms with Crippen molar-refractivity contribution in [1.82, 2.24) is 15.2 Å². The number of halogens is 1. The number of hydrogen-bond acceptors (Lipinski definition) is 4. The summed E-state index contributed by atoms with van der Waals surface area (Å²) in [5.74, 6) is -0.223. The quantitative estimate of drug-likeness (QED) is 0.875. The van der Waals surface area contributed by atoms with Crippen molar-refractivity contribution in [2.45, 2.75) is 20.3 Å². The van der Waals surface area contributed by atoms with Gasteiger partial charge in [-0.3, -0.25) is 4.79 Å². The Morgan fingerprint density at radius 3 is 2.79 bits per heavy atom. The Bertz CT molecular complexity index is 598. The van der Waals surface area contributed by atoms with Crippen LogP contribution in [0.2, 0.25) is 5.15 Å². The van der Waals surface area contributed by atoms with Gasteiger partial charge in [-0.15, -0.1) is 0 Å². The van der Waals surface area contributed by atoms with Crippen LogP contribution < -0.4 is 5.32 Å². The lowest BCUT2D eigenvalue weighted by atomic mass is 10.1. The van der Waals surface area contributed by atoms with Gasteiger partial charge in [0, 0.05) is 0 Å². The van der Waals surface area contributed by atoms with Gasteiger partial charge in [0.2, 0.25) is 0 Å². The zero-order chi connectivity index (χ0) is 13.8. The predicted molar refractivity (Wildman–Crippen MR) is 73.3 cm³/mol. The van der Waals surface area contributed by atoms with E-state index in [0.29, 0.717) is 34.2 Å². The highest BCUT2D eigenvalue weighted by molar-refractivity contribution is 6.29. The zero-order valence-electron chi connectivity index (χ0n) is 10.6. The van der Waals surface area contributed by atoms with E-state index < -0.39 is 0 Å². The van der Waals surface area contributed by atoms with E-state index in [-0.39, 0.29) is 5.91 Å². The van der Waals surface area contributed by atoms with Gasteiger partial charge in [-0.25, -0.2) is 4.98 Å². The number of anilines is 1. The molecule has 0 unspecified atom stereocenters. The van der Waals surface area contributed by atoms with Gasteiger partial charge >= 0.3 is 0 Å². The molecule has 6 heteroatoms. The van der Waals surface area contributed by atoms with Crippen LogP contribution in [0, 0.1) is 6.92 Å². The van der Waals surface area contributed by atoms with Gasteiger partial charge in [-0.2, -0.15) is 10.2 Å². The number of nitrogens with zero attached hydrogens (tertiary/aromatic N) is 3. The van der Waals surface area contributed by atoms with Gasteiger partial charge < -0.3 is 5.32 Å². The molecule has 0 atom stereocenters. The predicted octanol–water partition coefficient (Wildman–Crippen LogP) is 2.65. The number of aryl methyl sites for hydroxylation is 2. The minimum Gasteiger partial charge on any atom is -0.321 e. The summed E-state index contributed by atoms with van der Waals surface area (Å²) in [6.45, 7) is 3.73. The monoisotopic (exact) mass is 276 g/mol. The molecule has 0 aliphatic heterocycles. The van der Waals surface area contributed by atoms with Gasteiger partial charge in [0.25, 0.3) is 5.91 Å². The molecule has 0 saturated carbocycles. The molecule has 0 saturated heterocycles. The lowest BCUT2D eigenvalue weighted by molar-refractivity contribution is 0.102. The number of amides is 1. The van der Waals surface area contributed by atoms with Gasteiger partial charge in [-0.1, -0.05) is 18.5 Å². The average molecular weight is 277 g/mol. The first-order valence-electron chi connectivity index (χ1n) is 5.86. The maximum atomic E-state index is 12.2. The minimum atomic E-state index is -0.223. The number of aromatic nitrogens is 3. The smallest absolute Gasteiger partial charge is 0.257 e. The third-order valence-electron chi connectivity index (χ3n) is 2.56. The highest BCUT2D eigenvalue weighted by atomic mass is 35.5. The third-order valence-corrected chi connectivity index (χ3v) is 2.78. The molecule has 0 aliphatic carbocycles. The van der Waals surface area contributed by atoms with Crippen molar-refractivity contribution in [2.75, 3.05) is 5.32 Å². The minimum absolute atomic E-state index is 0.223. The van der Waals surface area contributed by atoms with Gasteiger partial charge in [0.15, 0.2) is 0 Å². The van der Waals surface area contributed by atoms with Crippen LogP contribution in [0.1, 0.15) is 28.7 Å². The Morgan fingerprint density at radius 2 is 2.16 bits per heavy atom. The van der Waals surface area contributed by atoms with Gasteiger partial charge in [0.1, 0.15) is 5.15 Å². The van der Waals surface area contributed by atoms with Crippen molar-refractivity contribution in [1.29, 1.82) is 0 Å². The highest BCUT2D eigenvalue weighted by Gasteiger charge is 2.13. The largest absolute Gasteiger partial charge is 0.321 e. The molecule has 0 spiro atoms. The maximum absolute atomic E-state index is 12.2. The number of rotatable bonds is 3. The van der Waals surface area contributed by atoms with E-state index in [0.717, 1.165) is 0 Å². The van der Waals surface area contributed by atoms with Crippen LogP contribution in [0.5, 0.6) is 0 Å². The molecule has 5 nitrogen and oxygen atoms in total. The second kappa shape index (κ2) is 5.75. The van der Waals surface area contributed by atoms with Crippen molar-refractivity contribution >= 4 is 23.2 Å². The summed E-state index contributed by atoms with van der Waals surface area (Å²) in [6, 6.07) is 5.04. The van der Waals surface area contributed by atoms with E-state index in [4.69, 9.17) is 11.6 Å². The molecular formula is C13H13ClN4O. The highest BCUT2D eigenvalue weighted by Crippen LogP contribution is 2.13. The van der Waals surface area contributed by atoms with Crippen LogP contribution in [-0.4, -0.2) is 21.1 Å². The molecule has 0 bridgehead atoms. The van der Waals surface area contributed by atoms with E-state index in [1.807, 2.05) is 6.92 Å². The van der Waals surface area contributed by atoms with Crippen LogP contribution in [0.3, 0.4) is 0 Å². The summed E-state index contributed by atoms with van der Waals surface area (Å²) in [7, 11) is 0. The molecule has 2 aromatic rings. The fraction of sp³-hybridized carbons (Fsp3) is 0.231. The summed E-state index contributed by atoms with van der Waals surface area (Å²) < 4.78 is 0. The summed E-state index contributed by atoms with van der Waals surface area (Å²) >= 11 is 5.69. The Kier molecular flexibility index (Phi) is 4.06. The van der Waals surface area contributed by atoms with Crippen LogP contribution in [0.15, 0.2) is 24.4 Å². The van der Waals surface area contributed by atoms with Crippen LogP contribution >= 0.6 is 11.6 Å². The van der Waals surface area contributed by atoms with Crippen LogP contribution in [0.4, 0.5) is 5.69 Å². The summed E-state index contributed by atoms with van der Waals surface area (Å²) in [5, 5.41) is 11.1. The van der Waals surface area contributed by atoms with Crippen molar-refractivity contribution in [3.8, 4) is 0 Å². The molecule has 1 amide bonds. The van der Waals surface area contributed by atoms with Crippen LogP contribution in [0.25, 0.3) is 0 Å². The molecule has 98 valence electrons. The normalized spacial score (nSPS) is 10.3. The number of pyridine rings is 1. The molecule has 0 aromatic carbocycles.